The number of aliphatic carboxylic acids is 1. The molecular weight excluding hydrogens is 444 g/mol. The van der Waals surface area contributed by atoms with Gasteiger partial charge in [-0.3, -0.25) is 9.59 Å². The van der Waals surface area contributed by atoms with Crippen molar-refractivity contribution in [3.8, 4) is 0 Å². The summed E-state index contributed by atoms with van der Waals surface area (Å²) in [5, 5.41) is 16.8. The van der Waals surface area contributed by atoms with Crippen molar-refractivity contribution in [2.45, 2.75) is 39.5 Å². The molecule has 0 aliphatic rings. The summed E-state index contributed by atoms with van der Waals surface area (Å²) < 4.78 is 10.2. The van der Waals surface area contributed by atoms with Crippen molar-refractivity contribution < 1.29 is 28.6 Å². The second-order valence-electron chi connectivity index (χ2n) is 7.62. The predicted octanol–water partition coefficient (Wildman–Crippen LogP) is 2.63. The summed E-state index contributed by atoms with van der Waals surface area (Å²) >= 11 is 0. The molecule has 3 aromatic rings. The highest BCUT2D eigenvalue weighted by Crippen LogP contribution is 2.21. The van der Waals surface area contributed by atoms with Gasteiger partial charge in [0.15, 0.2) is 0 Å². The number of nitrogens with one attached hydrogen (secondary N) is 3. The molecule has 2 atom stereocenters. The number of hydrogen-bond donors (Lipinski definition) is 4. The van der Waals surface area contributed by atoms with Gasteiger partial charge < -0.3 is 30.2 Å². The molecule has 2 amide bonds. The van der Waals surface area contributed by atoms with Crippen LogP contribution >= 0.6 is 0 Å². The summed E-state index contributed by atoms with van der Waals surface area (Å²) in [6, 6.07) is 9.91. The zero-order valence-corrected chi connectivity index (χ0v) is 18.7. The van der Waals surface area contributed by atoms with E-state index < -0.39 is 35.7 Å². The Morgan fingerprint density at radius 1 is 1.12 bits per heavy atom. The van der Waals surface area contributed by atoms with Crippen LogP contribution in [0.1, 0.15) is 25.0 Å². The van der Waals surface area contributed by atoms with Gasteiger partial charge in [0.05, 0.1) is 10.9 Å². The molecule has 1 heterocycles. The number of aryl methyl sites for hydroxylation is 1. The maximum Gasteiger partial charge on any atom is 0.408 e. The number of nitrogens with zero attached hydrogens (tertiary/aromatic N) is 1. The van der Waals surface area contributed by atoms with Gasteiger partial charge in [0, 0.05) is 5.69 Å². The highest BCUT2D eigenvalue weighted by molar-refractivity contribution is 5.98. The molecule has 1 unspecified atom stereocenters. The number of alkyl carbamates (subject to hydrolysis) is 1. The van der Waals surface area contributed by atoms with E-state index in [4.69, 9.17) is 14.3 Å². The second-order valence-corrected chi connectivity index (χ2v) is 7.62. The SMILES string of the molecule is Cc1cc(NC(=O)[C@H](C)NC(=O)OCc2ccccc2)cc2nc(NC(C)C(=O)O)oc(=O)c12. The van der Waals surface area contributed by atoms with Crippen molar-refractivity contribution >= 4 is 40.6 Å². The van der Waals surface area contributed by atoms with Crippen molar-refractivity contribution in [2.75, 3.05) is 10.6 Å². The number of carboxylic acid groups (broad SMARTS) is 1. The third-order valence-electron chi connectivity index (χ3n) is 4.85. The fourth-order valence-electron chi connectivity index (χ4n) is 3.03. The number of fused-ring (bicyclic) bond motifs is 1. The standard InChI is InChI=1S/C23H24N4O7/c1-12-9-16(10-17-18(12)21(31)34-22(27-17)24-14(3)20(29)30)26-19(28)13(2)25-23(32)33-11-15-7-5-4-6-8-15/h4-10,13-14H,11H2,1-3H3,(H,24,27)(H,25,32)(H,26,28)(H,29,30)/t13-,14?/m0/s1. The van der Waals surface area contributed by atoms with E-state index in [9.17, 15) is 19.2 Å². The number of carbonyl (C=O) groups excluding carboxylic acids is 2. The van der Waals surface area contributed by atoms with Crippen molar-refractivity contribution in [1.29, 1.82) is 0 Å². The molecule has 11 heteroatoms. The van der Waals surface area contributed by atoms with Gasteiger partial charge in [-0.1, -0.05) is 30.3 Å². The minimum absolute atomic E-state index is 0.0655. The van der Waals surface area contributed by atoms with Crippen molar-refractivity contribution in [3.63, 3.8) is 0 Å². The van der Waals surface area contributed by atoms with E-state index in [-0.39, 0.29) is 23.5 Å². The fourth-order valence-corrected chi connectivity index (χ4v) is 3.03. The number of rotatable bonds is 8. The first-order valence-electron chi connectivity index (χ1n) is 10.4. The Morgan fingerprint density at radius 2 is 1.82 bits per heavy atom. The molecule has 0 radical (unpaired) electrons. The van der Waals surface area contributed by atoms with Gasteiger partial charge in [-0.25, -0.2) is 9.59 Å². The lowest BCUT2D eigenvalue weighted by Crippen LogP contribution is -2.41. The van der Waals surface area contributed by atoms with Crippen molar-refractivity contribution in [2.24, 2.45) is 0 Å². The third-order valence-corrected chi connectivity index (χ3v) is 4.85. The van der Waals surface area contributed by atoms with Crippen LogP contribution in [-0.4, -0.2) is 40.1 Å². The number of aromatic nitrogens is 1. The molecule has 0 spiro atoms. The molecule has 0 saturated carbocycles. The van der Waals surface area contributed by atoms with Crippen LogP contribution in [0.15, 0.2) is 51.7 Å². The fraction of sp³-hybridized carbons (Fsp3) is 0.261. The van der Waals surface area contributed by atoms with Crippen LogP contribution < -0.4 is 21.6 Å². The van der Waals surface area contributed by atoms with Crippen LogP contribution in [0.25, 0.3) is 10.9 Å². The second kappa shape index (κ2) is 10.5. The van der Waals surface area contributed by atoms with E-state index in [0.717, 1.165) is 5.56 Å². The monoisotopic (exact) mass is 468 g/mol. The van der Waals surface area contributed by atoms with Gasteiger partial charge in [0.1, 0.15) is 18.7 Å². The minimum atomic E-state index is -1.15. The normalized spacial score (nSPS) is 12.4. The molecule has 178 valence electrons. The summed E-state index contributed by atoms with van der Waals surface area (Å²) in [5.41, 5.74) is 1.14. The van der Waals surface area contributed by atoms with E-state index >= 15 is 0 Å². The Kier molecular flexibility index (Phi) is 7.46. The van der Waals surface area contributed by atoms with Crippen LogP contribution in [0.4, 0.5) is 16.5 Å². The van der Waals surface area contributed by atoms with Gasteiger partial charge >= 0.3 is 17.7 Å². The molecule has 0 bridgehead atoms. The summed E-state index contributed by atoms with van der Waals surface area (Å²) in [6.45, 7) is 4.58. The number of hydrogen-bond acceptors (Lipinski definition) is 8. The number of anilines is 2. The Bertz CT molecular complexity index is 1270. The lowest BCUT2D eigenvalue weighted by Gasteiger charge is -2.15. The van der Waals surface area contributed by atoms with Gasteiger partial charge in [-0.15, -0.1) is 0 Å². The molecule has 1 aromatic heterocycles. The van der Waals surface area contributed by atoms with E-state index in [1.165, 1.54) is 19.9 Å². The molecule has 34 heavy (non-hydrogen) atoms. The molecule has 0 saturated heterocycles. The van der Waals surface area contributed by atoms with Gasteiger partial charge in [0.2, 0.25) is 5.91 Å². The Hall–Kier alpha value is -4.41. The lowest BCUT2D eigenvalue weighted by molar-refractivity contribution is -0.137. The first-order chi connectivity index (χ1) is 16.1. The number of amides is 2. The van der Waals surface area contributed by atoms with E-state index in [1.54, 1.807) is 13.0 Å². The zero-order chi connectivity index (χ0) is 24.8. The highest BCUT2D eigenvalue weighted by Gasteiger charge is 2.19. The maximum absolute atomic E-state index is 12.6. The Labute approximate surface area is 194 Å². The average Bonchev–Trinajstić information content (AvgIpc) is 2.77. The number of carboxylic acids is 1. The summed E-state index contributed by atoms with van der Waals surface area (Å²) in [7, 11) is 0. The van der Waals surface area contributed by atoms with E-state index in [1.807, 2.05) is 30.3 Å². The number of ether oxygens (including phenoxy) is 1. The molecule has 4 N–H and O–H groups in total. The molecule has 0 fully saturated rings. The van der Waals surface area contributed by atoms with Crippen molar-refractivity contribution in [1.82, 2.24) is 10.3 Å². The molecule has 0 aliphatic carbocycles. The Balaban J connectivity index is 1.69. The maximum atomic E-state index is 12.6. The summed E-state index contributed by atoms with van der Waals surface area (Å²) in [5.74, 6) is -1.67. The van der Waals surface area contributed by atoms with E-state index in [2.05, 4.69) is 20.9 Å². The van der Waals surface area contributed by atoms with Gasteiger partial charge in [-0.2, -0.15) is 4.98 Å². The lowest BCUT2D eigenvalue weighted by atomic mass is 10.1. The topological polar surface area (TPSA) is 160 Å². The Morgan fingerprint density at radius 3 is 2.50 bits per heavy atom. The van der Waals surface area contributed by atoms with Crippen LogP contribution in [-0.2, 0) is 20.9 Å². The molecule has 2 aromatic carbocycles. The van der Waals surface area contributed by atoms with E-state index in [0.29, 0.717) is 11.3 Å². The molecule has 11 nitrogen and oxygen atoms in total. The summed E-state index contributed by atoms with van der Waals surface area (Å²) in [4.78, 5) is 52.1. The van der Waals surface area contributed by atoms with Crippen LogP contribution in [0.3, 0.4) is 0 Å². The zero-order valence-electron chi connectivity index (χ0n) is 18.7. The first kappa shape index (κ1) is 24.2. The molecular formula is C23H24N4O7. The molecule has 0 aliphatic heterocycles. The van der Waals surface area contributed by atoms with Crippen LogP contribution in [0, 0.1) is 6.92 Å². The summed E-state index contributed by atoms with van der Waals surface area (Å²) in [6.07, 6.45) is -0.747. The predicted molar refractivity (Wildman–Crippen MR) is 124 cm³/mol. The van der Waals surface area contributed by atoms with Gasteiger partial charge in [0.25, 0.3) is 6.01 Å². The van der Waals surface area contributed by atoms with Crippen molar-refractivity contribution in [3.05, 3.63) is 64.0 Å². The third kappa shape index (κ3) is 6.09. The smallest absolute Gasteiger partial charge is 0.408 e. The quantitative estimate of drug-likeness (QED) is 0.390. The molecule has 3 rings (SSSR count). The first-order valence-corrected chi connectivity index (χ1v) is 10.4. The number of carbonyl (C=O) groups is 3. The minimum Gasteiger partial charge on any atom is -0.480 e. The highest BCUT2D eigenvalue weighted by atomic mass is 16.5. The van der Waals surface area contributed by atoms with Gasteiger partial charge in [-0.05, 0) is 44.0 Å². The van der Waals surface area contributed by atoms with Crippen LogP contribution in [0.5, 0.6) is 0 Å². The average molecular weight is 468 g/mol. The van der Waals surface area contributed by atoms with Crippen LogP contribution in [0.2, 0.25) is 0 Å². The number of benzene rings is 2. The largest absolute Gasteiger partial charge is 0.480 e.